The molecule has 25 heavy (non-hydrogen) atoms. The summed E-state index contributed by atoms with van der Waals surface area (Å²) in [6.45, 7) is 0. The molecule has 10 nitrogen and oxygen atoms in total. The summed E-state index contributed by atoms with van der Waals surface area (Å²) in [5.41, 5.74) is 7.36. The van der Waals surface area contributed by atoms with Gasteiger partial charge in [-0.1, -0.05) is 0 Å². The molecule has 10 heteroatoms. The van der Waals surface area contributed by atoms with Crippen LogP contribution in [0, 0.1) is 11.3 Å². The smallest absolute Gasteiger partial charge is 0.357 e. The highest BCUT2D eigenvalue weighted by molar-refractivity contribution is 5.96. The molecular weight excluding hydrogens is 326 g/mol. The number of hydrogen-bond donors (Lipinski definition) is 1. The van der Waals surface area contributed by atoms with Crippen molar-refractivity contribution < 1.29 is 14.3 Å². The number of ether oxygens (including phenoxy) is 2. The van der Waals surface area contributed by atoms with E-state index in [1.807, 2.05) is 6.07 Å². The van der Waals surface area contributed by atoms with Crippen LogP contribution in [-0.2, 0) is 4.74 Å². The number of esters is 1. The van der Waals surface area contributed by atoms with E-state index in [4.69, 9.17) is 15.2 Å². The van der Waals surface area contributed by atoms with E-state index in [0.717, 1.165) is 0 Å². The Kier molecular flexibility index (Phi) is 4.05. The van der Waals surface area contributed by atoms with Crippen molar-refractivity contribution in [2.45, 2.75) is 0 Å². The van der Waals surface area contributed by atoms with E-state index in [9.17, 15) is 10.1 Å². The number of carbonyl (C=O) groups is 1. The minimum Gasteiger partial charge on any atom is -0.494 e. The number of carbonyl (C=O) groups excluding carboxylic acids is 1. The average molecular weight is 339 g/mol. The third-order valence-corrected chi connectivity index (χ3v) is 3.58. The minimum absolute atomic E-state index is 0.0536. The number of aromatic nitrogens is 5. The second-order valence-corrected chi connectivity index (χ2v) is 4.89. The maximum Gasteiger partial charge on any atom is 0.357 e. The first kappa shape index (κ1) is 16.0. The number of tetrazole rings is 1. The Balaban J connectivity index is 2.18. The van der Waals surface area contributed by atoms with E-state index >= 15 is 0 Å². The van der Waals surface area contributed by atoms with Crippen LogP contribution >= 0.6 is 0 Å². The van der Waals surface area contributed by atoms with Crippen molar-refractivity contribution in [3.8, 4) is 23.2 Å². The number of methoxy groups -OCH3 is 2. The molecule has 3 rings (SSSR count). The molecule has 126 valence electrons. The Morgan fingerprint density at radius 1 is 1.36 bits per heavy atom. The van der Waals surface area contributed by atoms with Crippen LogP contribution in [0.4, 0.5) is 5.69 Å². The molecule has 0 saturated carbocycles. The fourth-order valence-corrected chi connectivity index (χ4v) is 2.40. The highest BCUT2D eigenvalue weighted by atomic mass is 16.5. The quantitative estimate of drug-likeness (QED) is 0.687. The number of rotatable bonds is 4. The lowest BCUT2D eigenvalue weighted by Gasteiger charge is -2.12. The zero-order chi connectivity index (χ0) is 18.0. The number of nitrogens with two attached hydrogens (primary N) is 1. The summed E-state index contributed by atoms with van der Waals surface area (Å²) in [6, 6.07) is 7.05. The molecule has 0 spiro atoms. The summed E-state index contributed by atoms with van der Waals surface area (Å²) in [5.74, 6) is -0.186. The van der Waals surface area contributed by atoms with Gasteiger partial charge in [0.2, 0.25) is 0 Å². The highest BCUT2D eigenvalue weighted by Gasteiger charge is 2.22. The third kappa shape index (κ3) is 2.63. The van der Waals surface area contributed by atoms with Crippen LogP contribution in [0.25, 0.3) is 11.4 Å². The Hall–Kier alpha value is -3.87. The molecule has 0 saturated heterocycles. The van der Waals surface area contributed by atoms with E-state index in [1.165, 1.54) is 36.0 Å². The molecule has 0 aliphatic rings. The van der Waals surface area contributed by atoms with Crippen LogP contribution in [0.5, 0.6) is 5.75 Å². The molecule has 2 aromatic heterocycles. The van der Waals surface area contributed by atoms with Crippen molar-refractivity contribution in [2.24, 2.45) is 0 Å². The van der Waals surface area contributed by atoms with Gasteiger partial charge in [0, 0.05) is 18.0 Å². The molecule has 2 N–H and O–H groups in total. The van der Waals surface area contributed by atoms with Gasteiger partial charge in [-0.25, -0.2) is 4.79 Å². The van der Waals surface area contributed by atoms with Gasteiger partial charge >= 0.3 is 5.97 Å². The summed E-state index contributed by atoms with van der Waals surface area (Å²) in [6.07, 6.45) is 2.89. The van der Waals surface area contributed by atoms with Crippen molar-refractivity contribution in [1.29, 1.82) is 5.26 Å². The number of nitrogens with zero attached hydrogens (tertiary/aromatic N) is 6. The van der Waals surface area contributed by atoms with Crippen LogP contribution < -0.4 is 10.5 Å². The van der Waals surface area contributed by atoms with Crippen LogP contribution in [0.1, 0.15) is 16.1 Å². The van der Waals surface area contributed by atoms with E-state index in [-0.39, 0.29) is 16.9 Å². The molecule has 0 atom stereocenters. The predicted octanol–water partition coefficient (Wildman–Crippen LogP) is 0.702. The third-order valence-electron chi connectivity index (χ3n) is 3.58. The molecule has 0 aliphatic heterocycles. The van der Waals surface area contributed by atoms with Gasteiger partial charge in [0.25, 0.3) is 0 Å². The number of benzene rings is 1. The summed E-state index contributed by atoms with van der Waals surface area (Å²) < 4.78 is 13.1. The molecule has 0 unspecified atom stereocenters. The molecule has 0 radical (unpaired) electrons. The Morgan fingerprint density at radius 3 is 2.76 bits per heavy atom. The predicted molar refractivity (Wildman–Crippen MR) is 85.5 cm³/mol. The van der Waals surface area contributed by atoms with Gasteiger partial charge in [0.15, 0.2) is 5.69 Å². The molecule has 1 aromatic carbocycles. The Bertz CT molecular complexity index is 970. The van der Waals surface area contributed by atoms with Crippen LogP contribution in [0.15, 0.2) is 30.7 Å². The number of hydrogen-bond acceptors (Lipinski definition) is 8. The molecule has 0 bridgehead atoms. The average Bonchev–Trinajstić information content (AvgIpc) is 3.28. The number of nitrogen functional groups attached to an aromatic ring is 1. The summed E-state index contributed by atoms with van der Waals surface area (Å²) in [5, 5.41) is 20.2. The zero-order valence-electron chi connectivity index (χ0n) is 13.4. The second-order valence-electron chi connectivity index (χ2n) is 4.89. The largest absolute Gasteiger partial charge is 0.494 e. The van der Waals surface area contributed by atoms with E-state index in [1.54, 1.807) is 18.2 Å². The van der Waals surface area contributed by atoms with Crippen molar-refractivity contribution in [2.75, 3.05) is 20.0 Å². The molecule has 2 heterocycles. The summed E-state index contributed by atoms with van der Waals surface area (Å²) >= 11 is 0. The van der Waals surface area contributed by atoms with Crippen molar-refractivity contribution in [3.05, 3.63) is 42.0 Å². The van der Waals surface area contributed by atoms with E-state index in [2.05, 4.69) is 15.5 Å². The van der Waals surface area contributed by atoms with Crippen LogP contribution in [0.3, 0.4) is 0 Å². The van der Waals surface area contributed by atoms with Crippen molar-refractivity contribution >= 4 is 11.7 Å². The van der Waals surface area contributed by atoms with Gasteiger partial charge in [0.1, 0.15) is 23.8 Å². The summed E-state index contributed by atoms with van der Waals surface area (Å²) in [4.78, 5) is 12.1. The van der Waals surface area contributed by atoms with Gasteiger partial charge in [-0.3, -0.25) is 0 Å². The minimum atomic E-state index is -0.650. The van der Waals surface area contributed by atoms with Gasteiger partial charge in [-0.2, -0.15) is 9.94 Å². The SMILES string of the molecule is COC(=O)c1c(N)c(C#N)cn1-c1ccc(-n2cnnn2)c(OC)c1. The maximum absolute atomic E-state index is 12.1. The number of anilines is 1. The normalized spacial score (nSPS) is 10.3. The topological polar surface area (TPSA) is 134 Å². The van der Waals surface area contributed by atoms with Gasteiger partial charge in [-0.05, 0) is 22.6 Å². The molecular formula is C15H13N7O3. The summed E-state index contributed by atoms with van der Waals surface area (Å²) in [7, 11) is 2.74. The van der Waals surface area contributed by atoms with Crippen molar-refractivity contribution in [3.63, 3.8) is 0 Å². The standard InChI is InChI=1S/C15H13N7O3/c1-24-12-5-10(3-4-11(12)22-8-18-19-20-22)21-7-9(6-16)13(17)14(21)15(23)25-2/h3-5,7-8H,17H2,1-2H3. The molecule has 0 aliphatic carbocycles. The van der Waals surface area contributed by atoms with Gasteiger partial charge in [-0.15, -0.1) is 5.10 Å². The number of nitriles is 1. The van der Waals surface area contributed by atoms with Gasteiger partial charge in [0.05, 0.1) is 25.5 Å². The highest BCUT2D eigenvalue weighted by Crippen LogP contribution is 2.29. The second kappa shape index (κ2) is 6.32. The fraction of sp³-hybridized carbons (Fsp3) is 0.133. The zero-order valence-corrected chi connectivity index (χ0v) is 13.4. The molecule has 3 aromatic rings. The van der Waals surface area contributed by atoms with Crippen LogP contribution in [0.2, 0.25) is 0 Å². The first-order valence-corrected chi connectivity index (χ1v) is 7.01. The first-order chi connectivity index (χ1) is 12.1. The maximum atomic E-state index is 12.1. The Labute approximate surface area is 142 Å². The first-order valence-electron chi connectivity index (χ1n) is 7.01. The monoisotopic (exact) mass is 339 g/mol. The molecule has 0 amide bonds. The van der Waals surface area contributed by atoms with Crippen molar-refractivity contribution in [1.82, 2.24) is 24.8 Å². The van der Waals surface area contributed by atoms with Crippen LogP contribution in [-0.4, -0.2) is 45.0 Å². The van der Waals surface area contributed by atoms with E-state index < -0.39 is 5.97 Å². The molecule has 0 fully saturated rings. The lowest BCUT2D eigenvalue weighted by atomic mass is 10.2. The fourth-order valence-electron chi connectivity index (χ4n) is 2.40. The lowest BCUT2D eigenvalue weighted by Crippen LogP contribution is -2.11. The lowest BCUT2D eigenvalue weighted by molar-refractivity contribution is 0.0593. The van der Waals surface area contributed by atoms with Gasteiger partial charge < -0.3 is 19.8 Å². The Morgan fingerprint density at radius 2 is 2.16 bits per heavy atom. The van der Waals surface area contributed by atoms with E-state index in [0.29, 0.717) is 17.1 Å².